The predicted molar refractivity (Wildman–Crippen MR) is 95.2 cm³/mol. The number of rotatable bonds is 4. The second kappa shape index (κ2) is 6.01. The van der Waals surface area contributed by atoms with E-state index in [0.717, 1.165) is 56.8 Å². The molecule has 132 valence electrons. The Balaban J connectivity index is 1.68. The van der Waals surface area contributed by atoms with Gasteiger partial charge in [0.05, 0.1) is 5.60 Å². The number of nitrogens with one attached hydrogen (secondary N) is 1. The number of benzene rings is 1. The Bertz CT molecular complexity index is 603. The van der Waals surface area contributed by atoms with E-state index in [1.807, 2.05) is 19.2 Å². The highest BCUT2D eigenvalue weighted by Crippen LogP contribution is 2.52. The maximum Gasteiger partial charge on any atom is 0.115 e. The lowest BCUT2D eigenvalue weighted by Crippen LogP contribution is -2.66. The van der Waals surface area contributed by atoms with Gasteiger partial charge in [0.1, 0.15) is 5.75 Å². The summed E-state index contributed by atoms with van der Waals surface area (Å²) in [5.74, 6) is 1.16. The Morgan fingerprint density at radius 1 is 1.25 bits per heavy atom. The van der Waals surface area contributed by atoms with Crippen LogP contribution in [0, 0.1) is 5.92 Å². The van der Waals surface area contributed by atoms with Crippen molar-refractivity contribution in [3.8, 4) is 5.75 Å². The van der Waals surface area contributed by atoms with E-state index in [1.54, 1.807) is 6.07 Å². The number of β-amino-alcohol motifs (C(OH)–C–C–N with tert-alkyl or cyclic N) is 1. The summed E-state index contributed by atoms with van der Waals surface area (Å²) in [5, 5.41) is 25.2. The number of nitrogens with zero attached hydrogens (tertiary/aromatic N) is 1. The molecule has 2 saturated carbocycles. The van der Waals surface area contributed by atoms with Crippen LogP contribution in [-0.2, 0) is 5.41 Å². The largest absolute Gasteiger partial charge is 0.508 e. The highest BCUT2D eigenvalue weighted by molar-refractivity contribution is 5.38. The van der Waals surface area contributed by atoms with E-state index < -0.39 is 5.60 Å². The first-order chi connectivity index (χ1) is 11.5. The number of hydrogen-bond donors (Lipinski definition) is 3. The minimum absolute atomic E-state index is 0.252. The number of phenols is 1. The molecule has 0 bridgehead atoms. The van der Waals surface area contributed by atoms with Crippen molar-refractivity contribution < 1.29 is 10.2 Å². The van der Waals surface area contributed by atoms with Gasteiger partial charge in [0.15, 0.2) is 0 Å². The van der Waals surface area contributed by atoms with Gasteiger partial charge in [0.25, 0.3) is 0 Å². The highest BCUT2D eigenvalue weighted by atomic mass is 16.3. The number of fused-ring (bicyclic) bond motifs is 1. The first kappa shape index (κ1) is 16.4. The van der Waals surface area contributed by atoms with Crippen molar-refractivity contribution in [3.05, 3.63) is 29.8 Å². The van der Waals surface area contributed by atoms with E-state index in [-0.39, 0.29) is 5.41 Å². The number of aliphatic hydroxyl groups is 1. The normalized spacial score (nSPS) is 37.2. The fourth-order valence-corrected chi connectivity index (χ4v) is 5.13. The van der Waals surface area contributed by atoms with Crippen LogP contribution in [-0.4, -0.2) is 53.4 Å². The van der Waals surface area contributed by atoms with Crippen molar-refractivity contribution in [3.63, 3.8) is 0 Å². The summed E-state index contributed by atoms with van der Waals surface area (Å²) >= 11 is 0. The van der Waals surface area contributed by atoms with Gasteiger partial charge in [0.2, 0.25) is 0 Å². The molecular weight excluding hydrogens is 300 g/mol. The minimum Gasteiger partial charge on any atom is -0.508 e. The van der Waals surface area contributed by atoms with Gasteiger partial charge >= 0.3 is 0 Å². The molecule has 4 heteroatoms. The average Bonchev–Trinajstić information content (AvgIpc) is 3.38. The van der Waals surface area contributed by atoms with E-state index in [2.05, 4.69) is 16.3 Å². The molecule has 3 aliphatic rings. The van der Waals surface area contributed by atoms with Crippen LogP contribution >= 0.6 is 0 Å². The van der Waals surface area contributed by atoms with Gasteiger partial charge in [-0.1, -0.05) is 12.1 Å². The maximum atomic E-state index is 11.8. The summed E-state index contributed by atoms with van der Waals surface area (Å²) in [4.78, 5) is 2.48. The van der Waals surface area contributed by atoms with E-state index in [4.69, 9.17) is 0 Å². The zero-order valence-corrected chi connectivity index (χ0v) is 14.7. The lowest BCUT2D eigenvalue weighted by molar-refractivity contribution is -0.126. The third kappa shape index (κ3) is 2.75. The van der Waals surface area contributed by atoms with Crippen LogP contribution in [0.15, 0.2) is 24.3 Å². The first-order valence-corrected chi connectivity index (χ1v) is 9.46. The molecule has 1 aromatic rings. The number of likely N-dealkylation sites (tertiary alicyclic amines) is 1. The third-order valence-electron chi connectivity index (χ3n) is 6.75. The number of hydrogen-bond acceptors (Lipinski definition) is 4. The molecule has 1 saturated heterocycles. The Morgan fingerprint density at radius 3 is 2.79 bits per heavy atom. The molecule has 24 heavy (non-hydrogen) atoms. The van der Waals surface area contributed by atoms with Crippen molar-refractivity contribution in [1.82, 2.24) is 10.2 Å². The summed E-state index contributed by atoms with van der Waals surface area (Å²) in [6, 6.07) is 8.04. The van der Waals surface area contributed by atoms with Gasteiger partial charge in [-0.2, -0.15) is 0 Å². The lowest BCUT2D eigenvalue weighted by atomic mass is 9.55. The Hall–Kier alpha value is -1.10. The molecule has 1 aromatic carbocycles. The molecule has 4 nitrogen and oxygen atoms in total. The second-order valence-electron chi connectivity index (χ2n) is 8.32. The third-order valence-corrected chi connectivity index (χ3v) is 6.75. The molecule has 4 rings (SSSR count). The van der Waals surface area contributed by atoms with Crippen LogP contribution in [0.25, 0.3) is 0 Å². The molecule has 2 aliphatic carbocycles. The summed E-state index contributed by atoms with van der Waals surface area (Å²) in [5.41, 5.74) is 0.162. The predicted octanol–water partition coefficient (Wildman–Crippen LogP) is 2.25. The molecule has 3 atom stereocenters. The molecule has 3 fully saturated rings. The average molecular weight is 330 g/mol. The van der Waals surface area contributed by atoms with Crippen molar-refractivity contribution in [2.45, 2.75) is 55.6 Å². The zero-order valence-electron chi connectivity index (χ0n) is 14.7. The number of phenolic OH excluding ortho intramolecular Hbond substituents is 1. The van der Waals surface area contributed by atoms with Crippen molar-refractivity contribution >= 4 is 0 Å². The Morgan fingerprint density at radius 2 is 2.08 bits per heavy atom. The van der Waals surface area contributed by atoms with Crippen LogP contribution in [0.4, 0.5) is 0 Å². The monoisotopic (exact) mass is 330 g/mol. The van der Waals surface area contributed by atoms with Crippen molar-refractivity contribution in [2.75, 3.05) is 26.7 Å². The standard InChI is InChI=1S/C20H30N2O2/c1-21-17-7-8-20(24)14-22(13-15-5-6-15)10-9-19(20,12-17)16-3-2-4-18(23)11-16/h2-4,11,15,17,21,23-24H,5-10,12-14H2,1H3/t17-,19+,20+/m1/s1. The van der Waals surface area contributed by atoms with Gasteiger partial charge in [0, 0.05) is 24.5 Å². The fourth-order valence-electron chi connectivity index (χ4n) is 5.13. The lowest BCUT2D eigenvalue weighted by Gasteiger charge is -2.58. The Labute approximate surface area is 144 Å². The Kier molecular flexibility index (Phi) is 4.10. The zero-order chi connectivity index (χ0) is 16.8. The number of piperidine rings is 1. The van der Waals surface area contributed by atoms with Crippen LogP contribution in [0.5, 0.6) is 5.75 Å². The molecule has 0 amide bonds. The summed E-state index contributed by atoms with van der Waals surface area (Å²) in [6.45, 7) is 2.97. The van der Waals surface area contributed by atoms with E-state index in [9.17, 15) is 10.2 Å². The highest BCUT2D eigenvalue weighted by Gasteiger charge is 2.57. The quantitative estimate of drug-likeness (QED) is 0.793. The molecule has 1 heterocycles. The van der Waals surface area contributed by atoms with Gasteiger partial charge in [-0.25, -0.2) is 0 Å². The van der Waals surface area contributed by atoms with Crippen LogP contribution < -0.4 is 5.32 Å². The summed E-state index contributed by atoms with van der Waals surface area (Å²) in [7, 11) is 2.02. The van der Waals surface area contributed by atoms with Crippen LogP contribution in [0.2, 0.25) is 0 Å². The molecular formula is C20H30N2O2. The van der Waals surface area contributed by atoms with Gasteiger partial charge in [-0.15, -0.1) is 0 Å². The number of aromatic hydroxyl groups is 1. The van der Waals surface area contributed by atoms with Crippen molar-refractivity contribution in [1.29, 1.82) is 0 Å². The maximum absolute atomic E-state index is 11.8. The van der Waals surface area contributed by atoms with Crippen molar-refractivity contribution in [2.24, 2.45) is 5.92 Å². The summed E-state index contributed by atoms with van der Waals surface area (Å²) in [6.07, 6.45) is 6.47. The molecule has 3 N–H and O–H groups in total. The molecule has 0 radical (unpaired) electrons. The molecule has 1 aliphatic heterocycles. The second-order valence-corrected chi connectivity index (χ2v) is 8.32. The summed E-state index contributed by atoms with van der Waals surface area (Å²) < 4.78 is 0. The minimum atomic E-state index is -0.693. The van der Waals surface area contributed by atoms with E-state index in [0.29, 0.717) is 11.8 Å². The molecule has 0 spiro atoms. The molecule has 0 aromatic heterocycles. The van der Waals surface area contributed by atoms with Gasteiger partial charge in [-0.05, 0) is 75.7 Å². The van der Waals surface area contributed by atoms with E-state index >= 15 is 0 Å². The smallest absolute Gasteiger partial charge is 0.115 e. The van der Waals surface area contributed by atoms with Gasteiger partial charge in [-0.3, -0.25) is 0 Å². The SMILES string of the molecule is CN[C@@H]1CC[C@]2(O)CN(CC3CC3)CC[C@@]2(c2cccc(O)c2)C1. The van der Waals surface area contributed by atoms with E-state index in [1.165, 1.54) is 12.8 Å². The van der Waals surface area contributed by atoms with Crippen LogP contribution in [0.3, 0.4) is 0 Å². The fraction of sp³-hybridized carbons (Fsp3) is 0.700. The first-order valence-electron chi connectivity index (χ1n) is 9.46. The molecule has 0 unspecified atom stereocenters. The van der Waals surface area contributed by atoms with Crippen LogP contribution in [0.1, 0.15) is 44.1 Å². The topological polar surface area (TPSA) is 55.7 Å². The van der Waals surface area contributed by atoms with Gasteiger partial charge < -0.3 is 20.4 Å².